The molecule has 10 heteroatoms. The van der Waals surface area contributed by atoms with Crippen LogP contribution in [0, 0.1) is 0 Å². The molecule has 34 heavy (non-hydrogen) atoms. The lowest BCUT2D eigenvalue weighted by atomic mass is 9.91. The normalized spacial score (nSPS) is 20.6. The van der Waals surface area contributed by atoms with E-state index in [1.54, 1.807) is 7.11 Å². The van der Waals surface area contributed by atoms with Crippen LogP contribution in [0.3, 0.4) is 0 Å². The molecular formula is C24H30N4O6. The van der Waals surface area contributed by atoms with E-state index in [4.69, 9.17) is 14.2 Å². The van der Waals surface area contributed by atoms with Crippen LogP contribution in [0.25, 0.3) is 0 Å². The van der Waals surface area contributed by atoms with E-state index < -0.39 is 11.2 Å². The summed E-state index contributed by atoms with van der Waals surface area (Å²) in [5.41, 5.74) is 0.889. The third-order valence-electron chi connectivity index (χ3n) is 7.14. The summed E-state index contributed by atoms with van der Waals surface area (Å²) in [4.78, 5) is 34.0. The number of hydrogen-bond donors (Lipinski definition) is 2. The number of aliphatic imine (C=N–C) groups is 1. The fourth-order valence-electron chi connectivity index (χ4n) is 5.35. The van der Waals surface area contributed by atoms with Gasteiger partial charge in [-0.2, -0.15) is 0 Å². The first-order chi connectivity index (χ1) is 16.5. The highest BCUT2D eigenvalue weighted by Gasteiger charge is 2.33. The maximum Gasteiger partial charge on any atom is 0.331 e. The highest BCUT2D eigenvalue weighted by Crippen LogP contribution is 2.49. The predicted molar refractivity (Wildman–Crippen MR) is 126 cm³/mol. The molecule has 0 bridgehead atoms. The smallest absolute Gasteiger partial charge is 0.331 e. The number of aromatic hydroxyl groups is 1. The lowest BCUT2D eigenvalue weighted by Gasteiger charge is -2.35. The molecule has 1 aromatic carbocycles. The van der Waals surface area contributed by atoms with Gasteiger partial charge in [0, 0.05) is 24.4 Å². The Labute approximate surface area is 196 Å². The average molecular weight is 471 g/mol. The van der Waals surface area contributed by atoms with E-state index in [9.17, 15) is 14.7 Å². The molecule has 2 aliphatic heterocycles. The van der Waals surface area contributed by atoms with Gasteiger partial charge in [0.2, 0.25) is 18.4 Å². The molecule has 0 spiro atoms. The van der Waals surface area contributed by atoms with Gasteiger partial charge in [-0.05, 0) is 37.9 Å². The van der Waals surface area contributed by atoms with Crippen molar-refractivity contribution < 1.29 is 19.3 Å². The molecule has 5 rings (SSSR count). The number of nitrogens with zero attached hydrogens (tertiary/aromatic N) is 3. The first kappa shape index (κ1) is 22.5. The van der Waals surface area contributed by atoms with Crippen molar-refractivity contribution in [2.45, 2.75) is 50.6 Å². The molecule has 3 aliphatic rings. The maximum absolute atomic E-state index is 12.5. The number of benzene rings is 1. The summed E-state index contributed by atoms with van der Waals surface area (Å²) in [6, 6.07) is 1.77. The number of H-pyrrole nitrogens is 1. The summed E-state index contributed by atoms with van der Waals surface area (Å²) in [5.74, 6) is 1.61. The topological polar surface area (TPSA) is 118 Å². The molecule has 0 amide bonds. The number of nitrogens with one attached hydrogen (secondary N) is 1. The Hall–Kier alpha value is -3.27. The number of aromatic nitrogens is 2. The number of rotatable bonds is 5. The van der Waals surface area contributed by atoms with Gasteiger partial charge in [-0.1, -0.05) is 19.3 Å². The van der Waals surface area contributed by atoms with Crippen LogP contribution < -0.4 is 25.5 Å². The molecule has 1 atom stereocenters. The number of fused-ring (bicyclic) bond motifs is 2. The van der Waals surface area contributed by atoms with Gasteiger partial charge in [0.15, 0.2) is 11.5 Å². The van der Waals surface area contributed by atoms with E-state index in [1.165, 1.54) is 10.8 Å². The summed E-state index contributed by atoms with van der Waals surface area (Å²) in [6.45, 7) is 1.32. The Balaban J connectivity index is 1.46. The average Bonchev–Trinajstić information content (AvgIpc) is 3.30. The van der Waals surface area contributed by atoms with Gasteiger partial charge in [-0.25, -0.2) is 4.79 Å². The minimum Gasteiger partial charge on any atom is -0.494 e. The lowest BCUT2D eigenvalue weighted by Crippen LogP contribution is -2.35. The largest absolute Gasteiger partial charge is 0.494 e. The molecule has 1 unspecified atom stereocenters. The highest BCUT2D eigenvalue weighted by molar-refractivity contribution is 5.82. The Morgan fingerprint density at radius 1 is 1.26 bits per heavy atom. The van der Waals surface area contributed by atoms with Crippen molar-refractivity contribution in [2.75, 3.05) is 34.0 Å². The Morgan fingerprint density at radius 2 is 2.06 bits per heavy atom. The Morgan fingerprint density at radius 3 is 2.82 bits per heavy atom. The third kappa shape index (κ3) is 3.85. The molecule has 0 saturated heterocycles. The van der Waals surface area contributed by atoms with E-state index >= 15 is 0 Å². The molecule has 3 heterocycles. The van der Waals surface area contributed by atoms with Gasteiger partial charge in [-0.15, -0.1) is 0 Å². The number of likely N-dealkylation sites (N-methyl/N-ethyl adjacent to an activating group) is 1. The van der Waals surface area contributed by atoms with Gasteiger partial charge >= 0.3 is 5.69 Å². The summed E-state index contributed by atoms with van der Waals surface area (Å²) in [7, 11) is 3.62. The molecule has 2 N–H and O–H groups in total. The Bertz CT molecular complexity index is 1230. The van der Waals surface area contributed by atoms with Gasteiger partial charge in [-0.3, -0.25) is 24.2 Å². The van der Waals surface area contributed by atoms with Gasteiger partial charge in [0.05, 0.1) is 19.7 Å². The molecule has 0 radical (unpaired) electrons. The van der Waals surface area contributed by atoms with Crippen LogP contribution in [0.5, 0.6) is 23.1 Å². The van der Waals surface area contributed by atoms with Crippen molar-refractivity contribution in [2.24, 2.45) is 4.99 Å². The van der Waals surface area contributed by atoms with Crippen molar-refractivity contribution in [1.29, 1.82) is 0 Å². The molecule has 1 aliphatic carbocycles. The second-order valence-electron chi connectivity index (χ2n) is 9.12. The molecule has 10 nitrogen and oxygen atoms in total. The van der Waals surface area contributed by atoms with Crippen LogP contribution >= 0.6 is 0 Å². The van der Waals surface area contributed by atoms with E-state index in [0.29, 0.717) is 23.8 Å². The number of ether oxygens (including phenoxy) is 3. The summed E-state index contributed by atoms with van der Waals surface area (Å²) in [5, 5.41) is 10.8. The van der Waals surface area contributed by atoms with E-state index in [2.05, 4.69) is 14.9 Å². The monoisotopic (exact) mass is 470 g/mol. The number of hydrogen-bond acceptors (Lipinski definition) is 8. The van der Waals surface area contributed by atoms with Crippen molar-refractivity contribution in [3.05, 3.63) is 43.6 Å². The predicted octanol–water partition coefficient (Wildman–Crippen LogP) is 2.13. The molecular weight excluding hydrogens is 440 g/mol. The molecule has 1 aromatic heterocycles. The van der Waals surface area contributed by atoms with Gasteiger partial charge < -0.3 is 19.3 Å². The zero-order chi connectivity index (χ0) is 23.8. The first-order valence-electron chi connectivity index (χ1n) is 11.8. The minimum atomic E-state index is -0.642. The van der Waals surface area contributed by atoms with Crippen LogP contribution in [0.1, 0.15) is 60.9 Å². The van der Waals surface area contributed by atoms with E-state index in [1.807, 2.05) is 13.1 Å². The summed E-state index contributed by atoms with van der Waals surface area (Å²) >= 11 is 0. The standard InChI is InChI=1S/C24H30N4O6/c1-27-9-8-14-10-18-20(34-13-33-18)21(32-2)19(14)17(27)12-25-11-16-22(29)26-24(31)28(23(16)30)15-6-4-3-5-7-15/h10-11,15,17,30H,3-9,12-13H2,1-2H3,(H,26,29,31). The quantitative estimate of drug-likeness (QED) is 0.643. The first-order valence-corrected chi connectivity index (χ1v) is 11.8. The van der Waals surface area contributed by atoms with E-state index in [0.717, 1.165) is 56.2 Å². The van der Waals surface area contributed by atoms with Crippen LogP contribution in [-0.4, -0.2) is 59.8 Å². The maximum atomic E-state index is 12.5. The molecule has 2 aromatic rings. The third-order valence-corrected chi connectivity index (χ3v) is 7.14. The van der Waals surface area contributed by atoms with Gasteiger partial charge in [0.1, 0.15) is 5.56 Å². The van der Waals surface area contributed by atoms with Crippen LogP contribution in [0.2, 0.25) is 0 Å². The Kier molecular flexibility index (Phi) is 6.07. The van der Waals surface area contributed by atoms with E-state index in [-0.39, 0.29) is 30.3 Å². The van der Waals surface area contributed by atoms with Crippen LogP contribution in [-0.2, 0) is 6.42 Å². The molecule has 1 fully saturated rings. The second-order valence-corrected chi connectivity index (χ2v) is 9.12. The fraction of sp³-hybridized carbons (Fsp3) is 0.542. The summed E-state index contributed by atoms with van der Waals surface area (Å²) in [6.07, 6.45) is 6.91. The lowest BCUT2D eigenvalue weighted by molar-refractivity contribution is 0.170. The van der Waals surface area contributed by atoms with Crippen molar-refractivity contribution >= 4 is 6.21 Å². The minimum absolute atomic E-state index is 0.00140. The fourth-order valence-corrected chi connectivity index (χ4v) is 5.35. The van der Waals surface area contributed by atoms with Crippen LogP contribution in [0.4, 0.5) is 0 Å². The SMILES string of the molecule is COc1c2c(cc3c1C(CN=Cc1c(O)n(C4CCCCC4)c(=O)[nH]c1=O)N(C)CC3)OCO2. The highest BCUT2D eigenvalue weighted by atomic mass is 16.7. The van der Waals surface area contributed by atoms with Gasteiger partial charge in [0.25, 0.3) is 5.56 Å². The zero-order valence-electron chi connectivity index (χ0n) is 19.5. The van der Waals surface area contributed by atoms with Crippen LogP contribution in [0.15, 0.2) is 20.6 Å². The molecule has 1 saturated carbocycles. The van der Waals surface area contributed by atoms with Crippen molar-refractivity contribution in [3.63, 3.8) is 0 Å². The van der Waals surface area contributed by atoms with Crippen molar-refractivity contribution in [1.82, 2.24) is 14.5 Å². The van der Waals surface area contributed by atoms with Crippen molar-refractivity contribution in [3.8, 4) is 23.1 Å². The number of aromatic amines is 1. The summed E-state index contributed by atoms with van der Waals surface area (Å²) < 4.78 is 18.2. The molecule has 182 valence electrons. The zero-order valence-corrected chi connectivity index (χ0v) is 19.5. The second kappa shape index (κ2) is 9.17. The number of methoxy groups -OCH3 is 1.